The Morgan fingerprint density at radius 2 is 1.23 bits per heavy atom. The van der Waals surface area contributed by atoms with Crippen molar-refractivity contribution in [2.45, 2.75) is 61.4 Å². The first kappa shape index (κ1) is 31.7. The van der Waals surface area contributed by atoms with Gasteiger partial charge in [0, 0.05) is 17.7 Å². The molecule has 0 spiro atoms. The third-order valence-electron chi connectivity index (χ3n) is 7.33. The van der Waals surface area contributed by atoms with Crippen molar-refractivity contribution in [3.63, 3.8) is 0 Å². The van der Waals surface area contributed by atoms with E-state index in [2.05, 4.69) is 0 Å². The molecule has 0 radical (unpaired) electrons. The Hall–Kier alpha value is -3.75. The normalized spacial score (nSPS) is 32.5. The average molecular weight is 627 g/mol. The lowest BCUT2D eigenvalue weighted by Gasteiger charge is -2.39. The van der Waals surface area contributed by atoms with Crippen molar-refractivity contribution >= 4 is 11.0 Å². The molecular formula is C27H30O17. The molecule has 17 heteroatoms. The second kappa shape index (κ2) is 12.3. The lowest BCUT2D eigenvalue weighted by molar-refractivity contribution is -0.277. The van der Waals surface area contributed by atoms with Crippen LogP contribution in [0.1, 0.15) is 0 Å². The van der Waals surface area contributed by atoms with Crippen LogP contribution in [0.2, 0.25) is 0 Å². The van der Waals surface area contributed by atoms with E-state index in [1.165, 1.54) is 6.07 Å². The van der Waals surface area contributed by atoms with Gasteiger partial charge in [0.1, 0.15) is 71.3 Å². The first-order valence-corrected chi connectivity index (χ1v) is 13.2. The van der Waals surface area contributed by atoms with Gasteiger partial charge in [0.25, 0.3) is 0 Å². The predicted molar refractivity (Wildman–Crippen MR) is 142 cm³/mol. The molecule has 17 nitrogen and oxygen atoms in total. The van der Waals surface area contributed by atoms with E-state index in [1.807, 2.05) is 0 Å². The van der Waals surface area contributed by atoms with Gasteiger partial charge in [-0.1, -0.05) is 0 Å². The summed E-state index contributed by atoms with van der Waals surface area (Å²) in [6, 6.07) is 5.27. The van der Waals surface area contributed by atoms with Gasteiger partial charge >= 0.3 is 0 Å². The van der Waals surface area contributed by atoms with Crippen LogP contribution in [0.15, 0.2) is 39.5 Å². The van der Waals surface area contributed by atoms with Gasteiger partial charge in [0.05, 0.1) is 13.2 Å². The van der Waals surface area contributed by atoms with Crippen LogP contribution in [0.5, 0.6) is 28.7 Å². The quantitative estimate of drug-likeness (QED) is 0.116. The van der Waals surface area contributed by atoms with Crippen LogP contribution in [0.4, 0.5) is 0 Å². The van der Waals surface area contributed by atoms with Gasteiger partial charge in [-0.25, -0.2) is 0 Å². The Bertz CT molecular complexity index is 1550. The molecule has 10 atom stereocenters. The van der Waals surface area contributed by atoms with E-state index in [1.54, 1.807) is 0 Å². The molecule has 11 N–H and O–H groups in total. The molecule has 240 valence electrons. The minimum Gasteiger partial charge on any atom is -0.507 e. The number of benzene rings is 2. The molecule has 2 saturated heterocycles. The SMILES string of the molecule is O=c1c(O[C@@H]2O[C@H](CO)[C@@H](O)[C@@H](O)[C@H]2O)c(-c2ccc(O)c(O)c2)oc2cc(O[C@H]3O[C@@H](CO)[C@H](O)[C@H](O)[C@@H]3O)cc(O)c12. The van der Waals surface area contributed by atoms with Crippen LogP contribution in [0, 0.1) is 0 Å². The molecule has 3 heterocycles. The van der Waals surface area contributed by atoms with Gasteiger partial charge < -0.3 is 79.5 Å². The van der Waals surface area contributed by atoms with Gasteiger partial charge in [0.15, 0.2) is 17.3 Å². The molecule has 2 fully saturated rings. The maximum atomic E-state index is 13.7. The maximum absolute atomic E-state index is 13.7. The molecule has 1 aromatic heterocycles. The number of aliphatic hydroxyl groups is 8. The number of ether oxygens (including phenoxy) is 4. The zero-order valence-corrected chi connectivity index (χ0v) is 22.4. The summed E-state index contributed by atoms with van der Waals surface area (Å²) in [6.07, 6.45) is -17.0. The van der Waals surface area contributed by atoms with Crippen LogP contribution in [0.3, 0.4) is 0 Å². The molecule has 0 aliphatic carbocycles. The Kier molecular flexibility index (Phi) is 8.87. The second-order valence-corrected chi connectivity index (χ2v) is 10.2. The summed E-state index contributed by atoms with van der Waals surface area (Å²) in [5, 5.41) is 110. The molecule has 44 heavy (non-hydrogen) atoms. The van der Waals surface area contributed by atoms with Crippen LogP contribution in [-0.4, -0.2) is 131 Å². The standard InChI is InChI=1S/C27H30O17/c28-6-14-17(33)20(36)22(38)26(42-14)40-9-4-12(32)16-13(5-9)41-24(8-1-2-10(30)11(31)3-8)25(19(16)35)44-27-23(39)21(37)18(34)15(7-29)43-27/h1-5,14-15,17-18,20-23,26-34,36-39H,6-7H2/t14-,15+,17-,18+,20-,21+,22-,23+,26-,27-/m0/s1. The zero-order chi connectivity index (χ0) is 32.0. The second-order valence-electron chi connectivity index (χ2n) is 10.2. The van der Waals surface area contributed by atoms with Crippen LogP contribution in [-0.2, 0) is 9.47 Å². The highest BCUT2D eigenvalue weighted by molar-refractivity contribution is 5.88. The predicted octanol–water partition coefficient (Wildman–Crippen LogP) is -3.07. The van der Waals surface area contributed by atoms with E-state index in [0.717, 1.165) is 24.3 Å². The van der Waals surface area contributed by atoms with Crippen molar-refractivity contribution < 1.29 is 79.5 Å². The number of fused-ring (bicyclic) bond motifs is 1. The molecule has 5 rings (SSSR count). The minimum atomic E-state index is -1.94. The van der Waals surface area contributed by atoms with E-state index in [4.69, 9.17) is 23.4 Å². The topological polar surface area (TPSA) is 290 Å². The maximum Gasteiger partial charge on any atom is 0.239 e. The van der Waals surface area contributed by atoms with Crippen LogP contribution >= 0.6 is 0 Å². The largest absolute Gasteiger partial charge is 0.507 e. The number of hydrogen-bond acceptors (Lipinski definition) is 17. The molecule has 0 unspecified atom stereocenters. The molecular weight excluding hydrogens is 596 g/mol. The lowest BCUT2D eigenvalue weighted by Crippen LogP contribution is -2.60. The third-order valence-corrected chi connectivity index (χ3v) is 7.33. The number of aromatic hydroxyl groups is 3. The summed E-state index contributed by atoms with van der Waals surface area (Å²) in [7, 11) is 0. The van der Waals surface area contributed by atoms with Gasteiger partial charge in [0.2, 0.25) is 23.8 Å². The van der Waals surface area contributed by atoms with Crippen molar-refractivity contribution in [1.29, 1.82) is 0 Å². The first-order chi connectivity index (χ1) is 20.9. The molecule has 0 saturated carbocycles. The summed E-state index contributed by atoms with van der Waals surface area (Å²) in [4.78, 5) is 13.7. The Morgan fingerprint density at radius 3 is 1.77 bits per heavy atom. The van der Waals surface area contributed by atoms with Crippen molar-refractivity contribution in [2.24, 2.45) is 0 Å². The lowest BCUT2D eigenvalue weighted by atomic mass is 9.99. The van der Waals surface area contributed by atoms with Gasteiger partial charge in [-0.05, 0) is 18.2 Å². The highest BCUT2D eigenvalue weighted by atomic mass is 16.7. The van der Waals surface area contributed by atoms with E-state index >= 15 is 0 Å². The summed E-state index contributed by atoms with van der Waals surface area (Å²) in [5.41, 5.74) is -1.50. The first-order valence-electron chi connectivity index (χ1n) is 13.2. The summed E-state index contributed by atoms with van der Waals surface area (Å²) in [6.45, 7) is -1.53. The highest BCUT2D eigenvalue weighted by Crippen LogP contribution is 2.40. The summed E-state index contributed by atoms with van der Waals surface area (Å²) >= 11 is 0. The van der Waals surface area contributed by atoms with Crippen molar-refractivity contribution in [3.8, 4) is 40.1 Å². The Balaban J connectivity index is 1.60. The number of rotatable bonds is 7. The third kappa shape index (κ3) is 5.61. The highest BCUT2D eigenvalue weighted by Gasteiger charge is 2.46. The average Bonchev–Trinajstić information content (AvgIpc) is 2.99. The molecule has 3 aromatic rings. The number of phenols is 3. The summed E-state index contributed by atoms with van der Waals surface area (Å²) in [5.74, 6) is -3.35. The molecule has 2 aliphatic heterocycles. The van der Waals surface area contributed by atoms with E-state index < -0.39 is 114 Å². The molecule has 0 bridgehead atoms. The number of aliphatic hydroxyl groups excluding tert-OH is 8. The smallest absolute Gasteiger partial charge is 0.239 e. The van der Waals surface area contributed by atoms with Gasteiger partial charge in [-0.15, -0.1) is 0 Å². The summed E-state index contributed by atoms with van der Waals surface area (Å²) < 4.78 is 27.6. The fraction of sp³-hybridized carbons (Fsp3) is 0.444. The Morgan fingerprint density at radius 1 is 0.659 bits per heavy atom. The zero-order valence-electron chi connectivity index (χ0n) is 22.4. The minimum absolute atomic E-state index is 0.0707. The fourth-order valence-corrected chi connectivity index (χ4v) is 4.87. The van der Waals surface area contributed by atoms with E-state index in [9.17, 15) is 61.0 Å². The Labute approximate surface area is 246 Å². The van der Waals surface area contributed by atoms with Crippen LogP contribution in [0.25, 0.3) is 22.3 Å². The molecule has 2 aliphatic rings. The van der Waals surface area contributed by atoms with E-state index in [0.29, 0.717) is 0 Å². The fourth-order valence-electron chi connectivity index (χ4n) is 4.87. The molecule has 0 amide bonds. The monoisotopic (exact) mass is 626 g/mol. The van der Waals surface area contributed by atoms with Gasteiger partial charge in [-0.3, -0.25) is 4.79 Å². The van der Waals surface area contributed by atoms with Crippen LogP contribution < -0.4 is 14.9 Å². The molecule has 2 aromatic carbocycles. The van der Waals surface area contributed by atoms with Crippen molar-refractivity contribution in [3.05, 3.63) is 40.6 Å². The van der Waals surface area contributed by atoms with E-state index in [-0.39, 0.29) is 16.9 Å². The van der Waals surface area contributed by atoms with Gasteiger partial charge in [-0.2, -0.15) is 0 Å². The van der Waals surface area contributed by atoms with Crippen molar-refractivity contribution in [1.82, 2.24) is 0 Å². The number of phenolic OH excluding ortho intramolecular Hbond substituents is 3. The van der Waals surface area contributed by atoms with Crippen molar-refractivity contribution in [2.75, 3.05) is 13.2 Å². The number of hydrogen-bond donors (Lipinski definition) is 11.